The average molecular weight is 275 g/mol. The predicted octanol–water partition coefficient (Wildman–Crippen LogP) is 0.0238. The van der Waals surface area contributed by atoms with Crippen LogP contribution in [0, 0.1) is 6.92 Å². The standard InChI is InChI=1S/C13H17N5O2/c1-10-11(16-8-17-13(10)20)7-12(19)15-3-2-5-18-6-4-14-9-18/h4,6,8-9H,2-3,5,7H2,1H3,(H,15,19)(H,16,17,20). The molecule has 0 aliphatic rings. The van der Waals surface area contributed by atoms with Crippen molar-refractivity contribution in [1.29, 1.82) is 0 Å². The highest BCUT2D eigenvalue weighted by Crippen LogP contribution is 1.98. The van der Waals surface area contributed by atoms with Crippen LogP contribution >= 0.6 is 0 Å². The SMILES string of the molecule is Cc1c(CC(=O)NCCCn2ccnc2)nc[nH]c1=O. The Hall–Kier alpha value is -2.44. The van der Waals surface area contributed by atoms with E-state index in [2.05, 4.69) is 20.3 Å². The van der Waals surface area contributed by atoms with Gasteiger partial charge in [-0.2, -0.15) is 0 Å². The highest BCUT2D eigenvalue weighted by Gasteiger charge is 2.08. The van der Waals surface area contributed by atoms with Crippen LogP contribution in [0.3, 0.4) is 0 Å². The molecule has 0 atom stereocenters. The van der Waals surface area contributed by atoms with Crippen molar-refractivity contribution in [2.24, 2.45) is 0 Å². The van der Waals surface area contributed by atoms with Crippen molar-refractivity contribution in [3.8, 4) is 0 Å². The monoisotopic (exact) mass is 275 g/mol. The number of nitrogens with one attached hydrogen (secondary N) is 2. The molecule has 0 unspecified atom stereocenters. The van der Waals surface area contributed by atoms with Gasteiger partial charge in [0.2, 0.25) is 5.91 Å². The van der Waals surface area contributed by atoms with Crippen molar-refractivity contribution in [3.63, 3.8) is 0 Å². The zero-order valence-corrected chi connectivity index (χ0v) is 11.3. The molecule has 7 heteroatoms. The number of nitrogens with zero attached hydrogens (tertiary/aromatic N) is 3. The molecule has 0 aliphatic carbocycles. The van der Waals surface area contributed by atoms with Gasteiger partial charge >= 0.3 is 0 Å². The van der Waals surface area contributed by atoms with Gasteiger partial charge in [0.15, 0.2) is 0 Å². The lowest BCUT2D eigenvalue weighted by Gasteiger charge is -2.06. The van der Waals surface area contributed by atoms with E-state index in [1.165, 1.54) is 6.33 Å². The first kappa shape index (κ1) is 14.0. The van der Waals surface area contributed by atoms with E-state index in [-0.39, 0.29) is 17.9 Å². The van der Waals surface area contributed by atoms with Gasteiger partial charge in [0.25, 0.3) is 5.56 Å². The van der Waals surface area contributed by atoms with Gasteiger partial charge in [0.1, 0.15) is 0 Å². The molecule has 106 valence electrons. The molecule has 0 bridgehead atoms. The normalized spacial score (nSPS) is 10.4. The number of carbonyl (C=O) groups is 1. The molecule has 7 nitrogen and oxygen atoms in total. The number of H-pyrrole nitrogens is 1. The summed E-state index contributed by atoms with van der Waals surface area (Å²) in [7, 11) is 0. The predicted molar refractivity (Wildman–Crippen MR) is 73.2 cm³/mol. The molecular formula is C13H17N5O2. The van der Waals surface area contributed by atoms with Crippen molar-refractivity contribution >= 4 is 5.91 Å². The first-order valence-electron chi connectivity index (χ1n) is 6.42. The Bertz CT molecular complexity index is 618. The zero-order valence-electron chi connectivity index (χ0n) is 11.3. The second-order valence-electron chi connectivity index (χ2n) is 4.48. The van der Waals surface area contributed by atoms with Crippen molar-refractivity contribution < 1.29 is 4.79 Å². The molecule has 0 aliphatic heterocycles. The summed E-state index contributed by atoms with van der Waals surface area (Å²) in [5.41, 5.74) is 0.796. The smallest absolute Gasteiger partial charge is 0.253 e. The van der Waals surface area contributed by atoms with E-state index in [1.54, 1.807) is 19.4 Å². The molecule has 2 aromatic rings. The van der Waals surface area contributed by atoms with Gasteiger partial charge in [-0.1, -0.05) is 0 Å². The first-order chi connectivity index (χ1) is 9.66. The Labute approximate surface area is 116 Å². The van der Waals surface area contributed by atoms with Crippen LogP contribution < -0.4 is 10.9 Å². The molecule has 2 aromatic heterocycles. The third kappa shape index (κ3) is 3.78. The molecule has 0 aromatic carbocycles. The number of rotatable bonds is 6. The Morgan fingerprint density at radius 1 is 1.50 bits per heavy atom. The quantitative estimate of drug-likeness (QED) is 0.727. The fourth-order valence-electron chi connectivity index (χ4n) is 1.81. The third-order valence-electron chi connectivity index (χ3n) is 2.99. The lowest BCUT2D eigenvalue weighted by atomic mass is 10.2. The van der Waals surface area contributed by atoms with Crippen LogP contribution in [-0.2, 0) is 17.8 Å². The largest absolute Gasteiger partial charge is 0.356 e. The van der Waals surface area contributed by atoms with Crippen molar-refractivity contribution in [3.05, 3.63) is 46.7 Å². The number of imidazole rings is 1. The highest BCUT2D eigenvalue weighted by atomic mass is 16.1. The number of aromatic amines is 1. The Kier molecular flexibility index (Phi) is 4.65. The Morgan fingerprint density at radius 2 is 2.35 bits per heavy atom. The summed E-state index contributed by atoms with van der Waals surface area (Å²) in [6.07, 6.45) is 7.61. The Morgan fingerprint density at radius 3 is 3.10 bits per heavy atom. The minimum Gasteiger partial charge on any atom is -0.356 e. The minimum absolute atomic E-state index is 0.126. The van der Waals surface area contributed by atoms with E-state index in [1.807, 2.05) is 10.8 Å². The molecular weight excluding hydrogens is 258 g/mol. The van der Waals surface area contributed by atoms with Gasteiger partial charge in [0, 0.05) is 31.0 Å². The second-order valence-corrected chi connectivity index (χ2v) is 4.48. The van der Waals surface area contributed by atoms with E-state index in [4.69, 9.17) is 0 Å². The molecule has 2 N–H and O–H groups in total. The van der Waals surface area contributed by atoms with Crippen LogP contribution in [0.2, 0.25) is 0 Å². The topological polar surface area (TPSA) is 92.7 Å². The molecule has 20 heavy (non-hydrogen) atoms. The lowest BCUT2D eigenvalue weighted by molar-refractivity contribution is -0.120. The number of aryl methyl sites for hydroxylation is 1. The number of carbonyl (C=O) groups excluding carboxylic acids is 1. The molecule has 0 radical (unpaired) electrons. The number of hydrogen-bond donors (Lipinski definition) is 2. The van der Waals surface area contributed by atoms with Crippen LogP contribution in [0.5, 0.6) is 0 Å². The van der Waals surface area contributed by atoms with E-state index < -0.39 is 0 Å². The van der Waals surface area contributed by atoms with Gasteiger partial charge in [-0.3, -0.25) is 9.59 Å². The maximum absolute atomic E-state index is 11.8. The van der Waals surface area contributed by atoms with Gasteiger partial charge in [-0.15, -0.1) is 0 Å². The molecule has 0 fully saturated rings. The summed E-state index contributed by atoms with van der Waals surface area (Å²) in [5.74, 6) is -0.128. The fourth-order valence-corrected chi connectivity index (χ4v) is 1.81. The number of amides is 1. The van der Waals surface area contributed by atoms with E-state index >= 15 is 0 Å². The number of hydrogen-bond acceptors (Lipinski definition) is 4. The third-order valence-corrected chi connectivity index (χ3v) is 2.99. The average Bonchev–Trinajstić information content (AvgIpc) is 2.93. The van der Waals surface area contributed by atoms with Crippen LogP contribution in [0.15, 0.2) is 29.8 Å². The number of aromatic nitrogens is 4. The summed E-state index contributed by atoms with van der Waals surface area (Å²) in [6.45, 7) is 3.05. The van der Waals surface area contributed by atoms with Crippen molar-refractivity contribution in [2.45, 2.75) is 26.3 Å². The van der Waals surface area contributed by atoms with Gasteiger partial charge in [0.05, 0.1) is 24.8 Å². The summed E-state index contributed by atoms with van der Waals surface area (Å²) >= 11 is 0. The van der Waals surface area contributed by atoms with Crippen LogP contribution in [0.1, 0.15) is 17.7 Å². The van der Waals surface area contributed by atoms with Crippen LogP contribution in [0.4, 0.5) is 0 Å². The van der Waals surface area contributed by atoms with E-state index in [0.29, 0.717) is 17.8 Å². The summed E-state index contributed by atoms with van der Waals surface area (Å²) in [5, 5.41) is 2.82. The van der Waals surface area contributed by atoms with Crippen LogP contribution in [0.25, 0.3) is 0 Å². The van der Waals surface area contributed by atoms with Crippen molar-refractivity contribution in [2.75, 3.05) is 6.54 Å². The first-order valence-corrected chi connectivity index (χ1v) is 6.42. The van der Waals surface area contributed by atoms with Gasteiger partial charge in [-0.05, 0) is 13.3 Å². The molecule has 0 saturated heterocycles. The zero-order chi connectivity index (χ0) is 14.4. The summed E-state index contributed by atoms with van der Waals surface area (Å²) < 4.78 is 1.95. The van der Waals surface area contributed by atoms with Crippen LogP contribution in [-0.4, -0.2) is 32.0 Å². The molecule has 0 saturated carbocycles. The molecule has 1 amide bonds. The maximum atomic E-state index is 11.8. The van der Waals surface area contributed by atoms with Gasteiger partial charge < -0.3 is 14.9 Å². The highest BCUT2D eigenvalue weighted by molar-refractivity contribution is 5.78. The molecule has 0 spiro atoms. The molecule has 2 heterocycles. The van der Waals surface area contributed by atoms with Crippen molar-refractivity contribution in [1.82, 2.24) is 24.8 Å². The second kappa shape index (κ2) is 6.65. The van der Waals surface area contributed by atoms with Gasteiger partial charge in [-0.25, -0.2) is 9.97 Å². The lowest BCUT2D eigenvalue weighted by Crippen LogP contribution is -2.28. The fraction of sp³-hybridized carbons (Fsp3) is 0.385. The Balaban J connectivity index is 1.75. The maximum Gasteiger partial charge on any atom is 0.253 e. The molecule has 2 rings (SSSR count). The summed E-state index contributed by atoms with van der Waals surface area (Å²) in [6, 6.07) is 0. The van der Waals surface area contributed by atoms with E-state index in [9.17, 15) is 9.59 Å². The summed E-state index contributed by atoms with van der Waals surface area (Å²) in [4.78, 5) is 33.6. The minimum atomic E-state index is -0.206. The van der Waals surface area contributed by atoms with E-state index in [0.717, 1.165) is 13.0 Å².